The summed E-state index contributed by atoms with van der Waals surface area (Å²) in [4.78, 5) is 41.2. The van der Waals surface area contributed by atoms with Crippen molar-refractivity contribution in [1.82, 2.24) is 20.2 Å². The van der Waals surface area contributed by atoms with E-state index in [0.29, 0.717) is 40.9 Å². The lowest BCUT2D eigenvalue weighted by atomic mass is 9.98. The predicted molar refractivity (Wildman–Crippen MR) is 146 cm³/mol. The van der Waals surface area contributed by atoms with Gasteiger partial charge in [-0.15, -0.1) is 0 Å². The van der Waals surface area contributed by atoms with Crippen molar-refractivity contribution >= 4 is 35.0 Å². The minimum Gasteiger partial charge on any atom is -0.495 e. The summed E-state index contributed by atoms with van der Waals surface area (Å²) in [6.07, 6.45) is 4.23. The van der Waals surface area contributed by atoms with Crippen LogP contribution in [0, 0.1) is 0 Å². The first-order chi connectivity index (χ1) is 17.5. The molecule has 3 heterocycles. The number of carbonyl (C=O) groups is 2. The van der Waals surface area contributed by atoms with Crippen LogP contribution >= 0.6 is 0 Å². The van der Waals surface area contributed by atoms with Crippen LogP contribution in [0.25, 0.3) is 0 Å². The summed E-state index contributed by atoms with van der Waals surface area (Å²) in [7, 11) is 5.43. The van der Waals surface area contributed by atoms with Crippen LogP contribution < -0.4 is 25.2 Å². The Kier molecular flexibility index (Phi) is 7.59. The van der Waals surface area contributed by atoms with Gasteiger partial charge < -0.3 is 30.1 Å². The van der Waals surface area contributed by atoms with Gasteiger partial charge in [-0.05, 0) is 78.4 Å². The van der Waals surface area contributed by atoms with Crippen molar-refractivity contribution < 1.29 is 14.3 Å². The highest BCUT2D eigenvalue weighted by molar-refractivity contribution is 6.04. The average molecular weight is 510 g/mol. The number of hydrogen-bond acceptors (Lipinski definition) is 8. The molecule has 0 bridgehead atoms. The Morgan fingerprint density at radius 1 is 1.19 bits per heavy atom. The topological polar surface area (TPSA) is 103 Å². The van der Waals surface area contributed by atoms with Crippen molar-refractivity contribution in [2.24, 2.45) is 0 Å². The van der Waals surface area contributed by atoms with Crippen LogP contribution in [-0.4, -0.2) is 78.6 Å². The van der Waals surface area contributed by atoms with Gasteiger partial charge in [0.2, 0.25) is 11.9 Å². The molecule has 0 aliphatic carbocycles. The molecular formula is C27H39N7O3. The smallest absolute Gasteiger partial charge is 0.251 e. The summed E-state index contributed by atoms with van der Waals surface area (Å²) in [5, 5.41) is 6.38. The standard InChI is InChI=1S/C27H39N7O3/c1-8-20-25(36)33(6)21-16-28-26(31-23(21)34(20)27(2,3)4)30-19-10-9-17(15-22(19)37-7)24(35)29-18-11-13-32(5)14-12-18/h9-10,15-16,18,20H,8,11-14H2,1-7H3,(H,29,35)(H,28,30,31)/t20-/m1/s1. The van der Waals surface area contributed by atoms with Crippen LogP contribution in [0.1, 0.15) is 57.3 Å². The van der Waals surface area contributed by atoms with E-state index < -0.39 is 0 Å². The van der Waals surface area contributed by atoms with E-state index in [2.05, 4.69) is 53.2 Å². The fourth-order valence-corrected chi connectivity index (χ4v) is 5.06. The Morgan fingerprint density at radius 3 is 2.51 bits per heavy atom. The number of rotatable bonds is 6. The lowest BCUT2D eigenvalue weighted by Gasteiger charge is -2.47. The Morgan fingerprint density at radius 2 is 1.89 bits per heavy atom. The summed E-state index contributed by atoms with van der Waals surface area (Å²) in [5.41, 5.74) is 1.53. The number of hydrogen-bond donors (Lipinski definition) is 2. The lowest BCUT2D eigenvalue weighted by Crippen LogP contribution is -2.59. The summed E-state index contributed by atoms with van der Waals surface area (Å²) in [5.74, 6) is 1.52. The first kappa shape index (κ1) is 26.7. The lowest BCUT2D eigenvalue weighted by molar-refractivity contribution is -0.120. The van der Waals surface area contributed by atoms with E-state index >= 15 is 0 Å². The van der Waals surface area contributed by atoms with Gasteiger partial charge in [0.25, 0.3) is 5.91 Å². The second-order valence-corrected chi connectivity index (χ2v) is 10.9. The molecule has 1 fully saturated rings. The molecule has 0 radical (unpaired) electrons. The molecule has 4 rings (SSSR count). The number of fused-ring (bicyclic) bond motifs is 1. The van der Waals surface area contributed by atoms with Crippen LogP contribution in [0.5, 0.6) is 5.75 Å². The van der Waals surface area contributed by atoms with Crippen LogP contribution in [-0.2, 0) is 4.79 Å². The molecule has 10 nitrogen and oxygen atoms in total. The van der Waals surface area contributed by atoms with E-state index in [1.807, 2.05) is 6.92 Å². The second kappa shape index (κ2) is 10.5. The van der Waals surface area contributed by atoms with Gasteiger partial charge >= 0.3 is 0 Å². The van der Waals surface area contributed by atoms with Gasteiger partial charge in [0.1, 0.15) is 17.5 Å². The molecule has 2 aliphatic rings. The largest absolute Gasteiger partial charge is 0.495 e. The minimum atomic E-state index is -0.321. The maximum atomic E-state index is 13.0. The van der Waals surface area contributed by atoms with E-state index in [0.717, 1.165) is 25.9 Å². The zero-order valence-electron chi connectivity index (χ0n) is 23.0. The van der Waals surface area contributed by atoms with Crippen molar-refractivity contribution in [3.8, 4) is 5.75 Å². The maximum absolute atomic E-state index is 13.0. The van der Waals surface area contributed by atoms with Gasteiger partial charge in [-0.2, -0.15) is 4.98 Å². The van der Waals surface area contributed by atoms with Crippen LogP contribution in [0.2, 0.25) is 0 Å². The number of piperidine rings is 1. The highest BCUT2D eigenvalue weighted by Gasteiger charge is 2.42. The Bertz CT molecular complexity index is 1160. The summed E-state index contributed by atoms with van der Waals surface area (Å²) >= 11 is 0. The molecule has 2 amide bonds. The molecule has 1 aromatic carbocycles. The molecule has 10 heteroatoms. The van der Waals surface area contributed by atoms with Gasteiger partial charge in [0, 0.05) is 24.2 Å². The van der Waals surface area contributed by atoms with E-state index in [-0.39, 0.29) is 29.4 Å². The van der Waals surface area contributed by atoms with Gasteiger partial charge in [0.15, 0.2) is 5.82 Å². The normalized spacial score (nSPS) is 19.0. The number of carbonyl (C=O) groups excluding carboxylic acids is 2. The highest BCUT2D eigenvalue weighted by Crippen LogP contribution is 2.39. The van der Waals surface area contributed by atoms with E-state index in [9.17, 15) is 9.59 Å². The third kappa shape index (κ3) is 5.49. The number of benzene rings is 1. The molecule has 2 N–H and O–H groups in total. The van der Waals surface area contributed by atoms with Gasteiger partial charge in [-0.25, -0.2) is 4.98 Å². The Hall–Kier alpha value is -3.40. The number of methoxy groups -OCH3 is 1. The van der Waals surface area contributed by atoms with Crippen molar-refractivity contribution in [2.45, 2.75) is 64.6 Å². The molecule has 1 saturated heterocycles. The molecule has 0 saturated carbocycles. The van der Waals surface area contributed by atoms with Crippen LogP contribution in [0.3, 0.4) is 0 Å². The third-order valence-corrected chi connectivity index (χ3v) is 7.14. The molecule has 2 aliphatic heterocycles. The fraction of sp³-hybridized carbons (Fsp3) is 0.556. The Balaban J connectivity index is 1.58. The first-order valence-electron chi connectivity index (χ1n) is 12.9. The number of anilines is 4. The van der Waals surface area contributed by atoms with Crippen molar-refractivity contribution in [3.63, 3.8) is 0 Å². The SMILES string of the molecule is CC[C@@H]1C(=O)N(C)c2cnc(Nc3ccc(C(=O)NC4CCN(C)CC4)cc3OC)nc2N1C(C)(C)C. The van der Waals surface area contributed by atoms with Crippen molar-refractivity contribution in [3.05, 3.63) is 30.0 Å². The minimum absolute atomic E-state index is 0.0324. The monoisotopic (exact) mass is 509 g/mol. The van der Waals surface area contributed by atoms with E-state index in [4.69, 9.17) is 9.72 Å². The number of nitrogens with zero attached hydrogens (tertiary/aromatic N) is 5. The number of likely N-dealkylation sites (N-methyl/N-ethyl adjacent to an activating group) is 1. The molecule has 1 atom stereocenters. The highest BCUT2D eigenvalue weighted by atomic mass is 16.5. The number of amides is 2. The van der Waals surface area contributed by atoms with Gasteiger partial charge in [0.05, 0.1) is 19.0 Å². The molecular weight excluding hydrogens is 470 g/mol. The molecule has 0 spiro atoms. The summed E-state index contributed by atoms with van der Waals surface area (Å²) in [6.45, 7) is 10.2. The average Bonchev–Trinajstić information content (AvgIpc) is 2.86. The molecule has 37 heavy (non-hydrogen) atoms. The third-order valence-electron chi connectivity index (χ3n) is 7.14. The number of nitrogens with one attached hydrogen (secondary N) is 2. The molecule has 0 unspecified atom stereocenters. The van der Waals surface area contributed by atoms with Crippen molar-refractivity contribution in [1.29, 1.82) is 0 Å². The van der Waals surface area contributed by atoms with Gasteiger partial charge in [-0.3, -0.25) is 9.59 Å². The van der Waals surface area contributed by atoms with Crippen LogP contribution in [0.4, 0.5) is 23.1 Å². The molecule has 200 valence electrons. The zero-order valence-corrected chi connectivity index (χ0v) is 23.0. The van der Waals surface area contributed by atoms with Crippen molar-refractivity contribution in [2.75, 3.05) is 49.4 Å². The second-order valence-electron chi connectivity index (χ2n) is 10.9. The number of aromatic nitrogens is 2. The Labute approximate surface area is 219 Å². The summed E-state index contributed by atoms with van der Waals surface area (Å²) < 4.78 is 5.60. The van der Waals surface area contributed by atoms with E-state index in [1.54, 1.807) is 43.5 Å². The predicted octanol–water partition coefficient (Wildman–Crippen LogP) is 3.41. The molecule has 1 aromatic heterocycles. The zero-order chi connectivity index (χ0) is 26.9. The van der Waals surface area contributed by atoms with Gasteiger partial charge in [-0.1, -0.05) is 6.92 Å². The quantitative estimate of drug-likeness (QED) is 0.611. The first-order valence-corrected chi connectivity index (χ1v) is 12.9. The fourth-order valence-electron chi connectivity index (χ4n) is 5.06. The number of likely N-dealkylation sites (tertiary alicyclic amines) is 1. The molecule has 2 aromatic rings. The number of ether oxygens (including phenoxy) is 1. The maximum Gasteiger partial charge on any atom is 0.251 e. The van der Waals surface area contributed by atoms with Crippen LogP contribution in [0.15, 0.2) is 24.4 Å². The van der Waals surface area contributed by atoms with E-state index in [1.165, 1.54) is 0 Å². The summed E-state index contributed by atoms with van der Waals surface area (Å²) in [6, 6.07) is 5.17.